The fourth-order valence-electron chi connectivity index (χ4n) is 2.46. The van der Waals surface area contributed by atoms with Gasteiger partial charge in [-0.15, -0.1) is 0 Å². The first kappa shape index (κ1) is 15.5. The molecule has 0 aliphatic heterocycles. The van der Waals surface area contributed by atoms with Crippen LogP contribution in [0.15, 0.2) is 42.5 Å². The minimum absolute atomic E-state index is 0.124. The molecule has 0 aliphatic rings. The van der Waals surface area contributed by atoms with E-state index in [0.717, 1.165) is 12.0 Å². The van der Waals surface area contributed by atoms with E-state index < -0.39 is 0 Å². The maximum absolute atomic E-state index is 11.4. The molecule has 0 amide bonds. The third-order valence-corrected chi connectivity index (χ3v) is 3.96. The zero-order chi connectivity index (χ0) is 15.6. The molecule has 2 rings (SSSR count). The summed E-state index contributed by atoms with van der Waals surface area (Å²) in [7, 11) is 0. The van der Waals surface area contributed by atoms with Gasteiger partial charge in [-0.2, -0.15) is 0 Å². The van der Waals surface area contributed by atoms with Gasteiger partial charge in [0.2, 0.25) is 0 Å². The highest BCUT2D eigenvalue weighted by molar-refractivity contribution is 5.94. The Morgan fingerprint density at radius 3 is 2.10 bits per heavy atom. The molecule has 1 heteroatoms. The summed E-state index contributed by atoms with van der Waals surface area (Å²) in [4.78, 5) is 11.4. The number of hydrogen-bond donors (Lipinski definition) is 0. The zero-order valence-corrected chi connectivity index (χ0v) is 13.7. The predicted molar refractivity (Wildman–Crippen MR) is 89.1 cm³/mol. The van der Waals surface area contributed by atoms with Gasteiger partial charge in [-0.3, -0.25) is 4.79 Å². The highest BCUT2D eigenvalue weighted by Crippen LogP contribution is 2.23. The number of rotatable bonds is 3. The average Bonchev–Trinajstić information content (AvgIpc) is 2.40. The Balaban J connectivity index is 2.20. The van der Waals surface area contributed by atoms with E-state index in [4.69, 9.17) is 0 Å². The lowest BCUT2D eigenvalue weighted by Crippen LogP contribution is -2.10. The van der Waals surface area contributed by atoms with Gasteiger partial charge in [-0.1, -0.05) is 57.2 Å². The van der Waals surface area contributed by atoms with E-state index in [1.807, 2.05) is 12.1 Å². The molecule has 2 aromatic carbocycles. The SMILES string of the molecule is CC(=O)c1ccc(Cc2ccc(C(C)(C)C)cc2)c(C)c1. The lowest BCUT2D eigenvalue weighted by atomic mass is 9.86. The average molecular weight is 280 g/mol. The Labute approximate surface area is 128 Å². The minimum atomic E-state index is 0.124. The molecule has 0 unspecified atom stereocenters. The molecule has 0 atom stereocenters. The molecule has 0 heterocycles. The third kappa shape index (κ3) is 3.81. The Bertz CT molecular complexity index is 643. The van der Waals surface area contributed by atoms with Crippen LogP contribution < -0.4 is 0 Å². The van der Waals surface area contributed by atoms with E-state index in [0.29, 0.717) is 0 Å². The molecule has 21 heavy (non-hydrogen) atoms. The normalized spacial score (nSPS) is 11.5. The van der Waals surface area contributed by atoms with Gasteiger partial charge in [0.25, 0.3) is 0 Å². The maximum Gasteiger partial charge on any atom is 0.159 e. The highest BCUT2D eigenvalue weighted by atomic mass is 16.1. The molecular weight excluding hydrogens is 256 g/mol. The third-order valence-electron chi connectivity index (χ3n) is 3.96. The van der Waals surface area contributed by atoms with Crippen LogP contribution in [-0.4, -0.2) is 5.78 Å². The number of carbonyl (C=O) groups excluding carboxylic acids is 1. The van der Waals surface area contributed by atoms with Gasteiger partial charge < -0.3 is 0 Å². The van der Waals surface area contributed by atoms with Crippen LogP contribution in [0.5, 0.6) is 0 Å². The fourth-order valence-corrected chi connectivity index (χ4v) is 2.46. The van der Waals surface area contributed by atoms with Crippen molar-refractivity contribution >= 4 is 5.78 Å². The first-order chi connectivity index (χ1) is 9.77. The molecule has 0 aliphatic carbocycles. The second-order valence-electron chi connectivity index (χ2n) is 6.82. The monoisotopic (exact) mass is 280 g/mol. The summed E-state index contributed by atoms with van der Waals surface area (Å²) in [6, 6.07) is 14.8. The van der Waals surface area contributed by atoms with Crippen LogP contribution in [0.3, 0.4) is 0 Å². The van der Waals surface area contributed by atoms with Crippen LogP contribution in [0.2, 0.25) is 0 Å². The molecule has 0 fully saturated rings. The van der Waals surface area contributed by atoms with Crippen LogP contribution in [-0.2, 0) is 11.8 Å². The van der Waals surface area contributed by atoms with Crippen LogP contribution in [0.1, 0.15) is 60.3 Å². The van der Waals surface area contributed by atoms with Gasteiger partial charge in [0.05, 0.1) is 0 Å². The number of Topliss-reactive ketones (excluding diaryl/α,β-unsaturated/α-hetero) is 1. The molecule has 0 saturated carbocycles. The number of ketones is 1. The van der Waals surface area contributed by atoms with Crippen LogP contribution in [0.4, 0.5) is 0 Å². The summed E-state index contributed by atoms with van der Waals surface area (Å²) in [5, 5.41) is 0. The molecule has 0 saturated heterocycles. The van der Waals surface area contributed by atoms with Crippen molar-refractivity contribution in [3.63, 3.8) is 0 Å². The van der Waals surface area contributed by atoms with Gasteiger partial charge in [0, 0.05) is 5.56 Å². The van der Waals surface area contributed by atoms with Gasteiger partial charge in [0.15, 0.2) is 5.78 Å². The van der Waals surface area contributed by atoms with Crippen molar-refractivity contribution in [2.75, 3.05) is 0 Å². The first-order valence-corrected chi connectivity index (χ1v) is 7.47. The number of carbonyl (C=O) groups is 1. The van der Waals surface area contributed by atoms with Gasteiger partial charge >= 0.3 is 0 Å². The molecule has 0 bridgehead atoms. The highest BCUT2D eigenvalue weighted by Gasteiger charge is 2.13. The summed E-state index contributed by atoms with van der Waals surface area (Å²) >= 11 is 0. The zero-order valence-electron chi connectivity index (χ0n) is 13.7. The van der Waals surface area contributed by atoms with E-state index in [9.17, 15) is 4.79 Å². The van der Waals surface area contributed by atoms with Crippen molar-refractivity contribution in [3.05, 3.63) is 70.3 Å². The Morgan fingerprint density at radius 1 is 1.00 bits per heavy atom. The van der Waals surface area contributed by atoms with Crippen molar-refractivity contribution < 1.29 is 4.79 Å². The molecule has 2 aromatic rings. The molecule has 110 valence electrons. The molecular formula is C20H24O. The first-order valence-electron chi connectivity index (χ1n) is 7.47. The summed E-state index contributed by atoms with van der Waals surface area (Å²) in [5.74, 6) is 0.124. The van der Waals surface area contributed by atoms with E-state index in [1.54, 1.807) is 6.92 Å². The lowest BCUT2D eigenvalue weighted by molar-refractivity contribution is 0.101. The molecule has 0 radical (unpaired) electrons. The lowest BCUT2D eigenvalue weighted by Gasteiger charge is -2.19. The van der Waals surface area contributed by atoms with Gasteiger partial charge in [-0.25, -0.2) is 0 Å². The minimum Gasteiger partial charge on any atom is -0.295 e. The van der Waals surface area contributed by atoms with E-state index in [-0.39, 0.29) is 11.2 Å². The Kier molecular flexibility index (Phi) is 4.32. The van der Waals surface area contributed by atoms with E-state index in [2.05, 4.69) is 58.0 Å². The molecule has 0 spiro atoms. The van der Waals surface area contributed by atoms with Crippen molar-refractivity contribution in [2.45, 2.75) is 46.5 Å². The van der Waals surface area contributed by atoms with Crippen molar-refractivity contribution in [2.24, 2.45) is 0 Å². The quantitative estimate of drug-likeness (QED) is 0.716. The Hall–Kier alpha value is -1.89. The predicted octanol–water partition coefficient (Wildman–Crippen LogP) is 5.09. The maximum atomic E-state index is 11.4. The molecule has 0 N–H and O–H groups in total. The molecule has 1 nitrogen and oxygen atoms in total. The fraction of sp³-hybridized carbons (Fsp3) is 0.350. The number of aryl methyl sites for hydroxylation is 1. The number of hydrogen-bond acceptors (Lipinski definition) is 1. The summed E-state index contributed by atoms with van der Waals surface area (Å²) in [6.45, 7) is 10.4. The largest absolute Gasteiger partial charge is 0.295 e. The number of benzene rings is 2. The van der Waals surface area contributed by atoms with Crippen LogP contribution in [0, 0.1) is 6.92 Å². The van der Waals surface area contributed by atoms with Gasteiger partial charge in [0.1, 0.15) is 0 Å². The van der Waals surface area contributed by atoms with Crippen molar-refractivity contribution in [1.82, 2.24) is 0 Å². The standard InChI is InChI=1S/C20H24O/c1-14-12-18(15(2)21)9-8-17(14)13-16-6-10-19(11-7-16)20(3,4)5/h6-12H,13H2,1-5H3. The van der Waals surface area contributed by atoms with E-state index in [1.165, 1.54) is 22.3 Å². The van der Waals surface area contributed by atoms with Gasteiger partial charge in [-0.05, 0) is 54.0 Å². The topological polar surface area (TPSA) is 17.1 Å². The summed E-state index contributed by atoms with van der Waals surface area (Å²) in [6.07, 6.45) is 0.911. The van der Waals surface area contributed by atoms with Crippen molar-refractivity contribution in [1.29, 1.82) is 0 Å². The second kappa shape index (κ2) is 5.85. The smallest absolute Gasteiger partial charge is 0.159 e. The van der Waals surface area contributed by atoms with E-state index >= 15 is 0 Å². The van der Waals surface area contributed by atoms with Crippen molar-refractivity contribution in [3.8, 4) is 0 Å². The van der Waals surface area contributed by atoms with Crippen LogP contribution in [0.25, 0.3) is 0 Å². The summed E-state index contributed by atoms with van der Waals surface area (Å²) < 4.78 is 0. The van der Waals surface area contributed by atoms with Crippen LogP contribution >= 0.6 is 0 Å². The second-order valence-corrected chi connectivity index (χ2v) is 6.82. The molecule has 0 aromatic heterocycles. The summed E-state index contributed by atoms with van der Waals surface area (Å²) in [5.41, 5.74) is 6.11. The Morgan fingerprint density at radius 2 is 1.62 bits per heavy atom.